The van der Waals surface area contributed by atoms with Gasteiger partial charge in [0, 0.05) is 50.6 Å². The minimum absolute atomic E-state index is 0.205. The lowest BCUT2D eigenvalue weighted by Crippen LogP contribution is -2.12. The zero-order valence-corrected chi connectivity index (χ0v) is 17.7. The third-order valence-corrected chi connectivity index (χ3v) is 3.08. The largest absolute Gasteiger partial charge is 0.463 e. The van der Waals surface area contributed by atoms with E-state index in [2.05, 4.69) is 26.3 Å². The van der Waals surface area contributed by atoms with Crippen LogP contribution in [0.5, 0.6) is 0 Å². The highest BCUT2D eigenvalue weighted by Gasteiger charge is 2.02. The molecule has 2 aromatic rings. The van der Waals surface area contributed by atoms with Crippen molar-refractivity contribution in [3.05, 3.63) is 50.1 Å². The summed E-state index contributed by atoms with van der Waals surface area (Å²) in [6, 6.07) is 0. The quantitative estimate of drug-likeness (QED) is 0.312. The topological polar surface area (TPSA) is 118 Å². The Morgan fingerprint density at radius 2 is 1.73 bits per heavy atom. The van der Waals surface area contributed by atoms with E-state index in [4.69, 9.17) is 14.2 Å². The molecule has 2 rings (SSSR count). The van der Waals surface area contributed by atoms with Crippen molar-refractivity contribution in [3.63, 3.8) is 0 Å². The molecule has 0 amide bonds. The third-order valence-electron chi connectivity index (χ3n) is 3.08. The van der Waals surface area contributed by atoms with Crippen molar-refractivity contribution in [2.75, 3.05) is 39.6 Å². The van der Waals surface area contributed by atoms with Gasteiger partial charge in [-0.2, -0.15) is 0 Å². The summed E-state index contributed by atoms with van der Waals surface area (Å²) in [5.74, 6) is -0.608. The van der Waals surface area contributed by atoms with Gasteiger partial charge in [-0.1, -0.05) is 6.58 Å². The lowest BCUT2D eigenvalue weighted by molar-refractivity contribution is -0.145. The molecule has 0 atom stereocenters. The van der Waals surface area contributed by atoms with Crippen LogP contribution < -0.4 is 0 Å². The van der Waals surface area contributed by atoms with Gasteiger partial charge >= 0.3 is 11.9 Å². The van der Waals surface area contributed by atoms with E-state index in [0.717, 1.165) is 6.08 Å². The number of nitrogens with zero attached hydrogens (tertiary/aromatic N) is 3. The predicted octanol–water partition coefficient (Wildman–Crippen LogP) is 2.01. The molecule has 0 aliphatic heterocycles. The number of hydrogen-bond acceptors (Lipinski definition) is 8. The van der Waals surface area contributed by atoms with E-state index >= 15 is 0 Å². The number of rotatable bonds is 12. The van der Waals surface area contributed by atoms with E-state index in [-0.39, 0.29) is 5.97 Å². The molecule has 0 aliphatic rings. The smallest absolute Gasteiger partial charge is 0.330 e. The van der Waals surface area contributed by atoms with Gasteiger partial charge in [-0.25, -0.2) is 14.8 Å². The highest BCUT2D eigenvalue weighted by Crippen LogP contribution is 1.93. The van der Waals surface area contributed by atoms with Crippen molar-refractivity contribution in [1.29, 1.82) is 0 Å². The molecule has 0 bridgehead atoms. The van der Waals surface area contributed by atoms with Crippen LogP contribution in [-0.2, 0) is 35.1 Å². The van der Waals surface area contributed by atoms with Crippen molar-refractivity contribution in [2.24, 2.45) is 0 Å². The first-order valence-corrected chi connectivity index (χ1v) is 9.62. The maximum atomic E-state index is 11.2. The number of carbonyl (C=O) groups is 2. The minimum atomic E-state index is -0.403. The number of hydrogen-bond donors (Lipinski definition) is 1. The fraction of sp³-hybridized carbons (Fsp3) is 0.500. The van der Waals surface area contributed by atoms with Crippen LogP contribution in [0.15, 0.2) is 50.1 Å². The molecule has 1 N–H and O–H groups in total. The van der Waals surface area contributed by atoms with Gasteiger partial charge in [-0.05, 0) is 13.8 Å². The van der Waals surface area contributed by atoms with Gasteiger partial charge in [0.1, 0.15) is 13.2 Å². The van der Waals surface area contributed by atoms with Crippen molar-refractivity contribution in [1.82, 2.24) is 19.5 Å². The molecule has 10 nitrogen and oxygen atoms in total. The van der Waals surface area contributed by atoms with Gasteiger partial charge in [-0.15, -0.1) is 0 Å². The summed E-state index contributed by atoms with van der Waals surface area (Å²) in [4.78, 5) is 31.9. The first kappa shape index (κ1) is 27.0. The SMILES string of the molecule is C=CC(=O)OCCOCC.CCOCCOC(=O)CCn1ccnc1.c1c[nH]cn1. The van der Waals surface area contributed by atoms with E-state index < -0.39 is 5.97 Å². The van der Waals surface area contributed by atoms with Crippen LogP contribution in [0.4, 0.5) is 0 Å². The molecule has 10 heteroatoms. The highest BCUT2D eigenvalue weighted by atomic mass is 16.6. The fourth-order valence-electron chi connectivity index (χ4n) is 1.69. The normalized spacial score (nSPS) is 9.40. The number of H-pyrrole nitrogens is 1. The second-order valence-corrected chi connectivity index (χ2v) is 5.30. The number of esters is 2. The van der Waals surface area contributed by atoms with Crippen LogP contribution in [0, 0.1) is 0 Å². The minimum Gasteiger partial charge on any atom is -0.463 e. The summed E-state index contributed by atoms with van der Waals surface area (Å²) in [7, 11) is 0. The monoisotopic (exact) mass is 424 g/mol. The summed E-state index contributed by atoms with van der Waals surface area (Å²) in [6.45, 7) is 10.5. The van der Waals surface area contributed by atoms with E-state index in [1.165, 1.54) is 0 Å². The van der Waals surface area contributed by atoms with Gasteiger partial charge in [0.25, 0.3) is 0 Å². The van der Waals surface area contributed by atoms with Gasteiger partial charge in [0.2, 0.25) is 0 Å². The molecular formula is C20H32N4O6. The Morgan fingerprint density at radius 3 is 2.20 bits per heavy atom. The maximum Gasteiger partial charge on any atom is 0.330 e. The molecule has 0 aliphatic carbocycles. The molecule has 2 heterocycles. The number of aromatic nitrogens is 4. The molecule has 0 spiro atoms. The van der Waals surface area contributed by atoms with E-state index in [1.807, 2.05) is 24.6 Å². The Hall–Kier alpha value is -2.98. The maximum absolute atomic E-state index is 11.2. The summed E-state index contributed by atoms with van der Waals surface area (Å²) >= 11 is 0. The number of imidazole rings is 2. The molecule has 0 radical (unpaired) electrons. The summed E-state index contributed by atoms with van der Waals surface area (Å²) in [6.07, 6.45) is 11.7. The van der Waals surface area contributed by atoms with E-state index in [9.17, 15) is 9.59 Å². The lowest BCUT2D eigenvalue weighted by Gasteiger charge is -2.05. The van der Waals surface area contributed by atoms with Crippen molar-refractivity contribution < 1.29 is 28.5 Å². The second kappa shape index (κ2) is 20.7. The first-order valence-electron chi connectivity index (χ1n) is 9.62. The predicted molar refractivity (Wildman–Crippen MR) is 111 cm³/mol. The van der Waals surface area contributed by atoms with Crippen LogP contribution >= 0.6 is 0 Å². The van der Waals surface area contributed by atoms with Crippen LogP contribution in [0.1, 0.15) is 20.3 Å². The third kappa shape index (κ3) is 18.4. The van der Waals surface area contributed by atoms with Gasteiger partial charge in [0.05, 0.1) is 32.3 Å². The molecular weight excluding hydrogens is 392 g/mol. The van der Waals surface area contributed by atoms with Crippen molar-refractivity contribution in [2.45, 2.75) is 26.8 Å². The molecule has 30 heavy (non-hydrogen) atoms. The van der Waals surface area contributed by atoms with Gasteiger partial charge < -0.3 is 28.5 Å². The van der Waals surface area contributed by atoms with Crippen LogP contribution in [-0.4, -0.2) is 71.1 Å². The van der Waals surface area contributed by atoms with E-state index in [1.54, 1.807) is 31.2 Å². The molecule has 168 valence electrons. The summed E-state index contributed by atoms with van der Waals surface area (Å²) in [5, 5.41) is 0. The van der Waals surface area contributed by atoms with Crippen molar-refractivity contribution in [3.8, 4) is 0 Å². The summed E-state index contributed by atoms with van der Waals surface area (Å²) < 4.78 is 21.4. The Morgan fingerprint density at radius 1 is 1.03 bits per heavy atom. The number of aryl methyl sites for hydroxylation is 1. The number of aromatic amines is 1. The average Bonchev–Trinajstić information content (AvgIpc) is 3.50. The Labute approximate surface area is 177 Å². The zero-order chi connectivity index (χ0) is 22.3. The Kier molecular flexibility index (Phi) is 18.7. The van der Waals surface area contributed by atoms with Crippen LogP contribution in [0.2, 0.25) is 0 Å². The Balaban J connectivity index is 0.000000478. The molecule has 0 fully saturated rings. The molecule has 2 aromatic heterocycles. The van der Waals surface area contributed by atoms with Crippen molar-refractivity contribution >= 4 is 11.9 Å². The van der Waals surface area contributed by atoms with E-state index in [0.29, 0.717) is 52.6 Å². The molecule has 0 saturated carbocycles. The standard InChI is InChI=1S/C10H16N2O3.C7H12O3.C3H4N2/c1-2-14-7-8-15-10(13)3-5-12-6-4-11-9-12;1-3-7(8)10-6-5-9-4-2;1-2-5-3-4-1/h4,6,9H,2-3,5,7-8H2,1H3;3H,1,4-6H2,2H3;1-3H,(H,4,5). The number of carbonyl (C=O) groups excluding carboxylic acids is 2. The van der Waals surface area contributed by atoms with Gasteiger partial charge in [-0.3, -0.25) is 4.79 Å². The average molecular weight is 424 g/mol. The van der Waals surface area contributed by atoms with Gasteiger partial charge in [0.15, 0.2) is 0 Å². The molecule has 0 unspecified atom stereocenters. The number of nitrogens with one attached hydrogen (secondary N) is 1. The fourth-order valence-corrected chi connectivity index (χ4v) is 1.69. The highest BCUT2D eigenvalue weighted by molar-refractivity contribution is 5.81. The molecule has 0 aromatic carbocycles. The number of ether oxygens (including phenoxy) is 4. The first-order chi connectivity index (χ1) is 14.6. The summed E-state index contributed by atoms with van der Waals surface area (Å²) in [5.41, 5.74) is 0. The second-order valence-electron chi connectivity index (χ2n) is 5.30. The van der Waals surface area contributed by atoms with Crippen LogP contribution in [0.25, 0.3) is 0 Å². The van der Waals surface area contributed by atoms with Crippen LogP contribution in [0.3, 0.4) is 0 Å². The Bertz CT molecular complexity index is 615. The molecule has 0 saturated heterocycles. The lowest BCUT2D eigenvalue weighted by atomic mass is 10.4. The zero-order valence-electron chi connectivity index (χ0n) is 17.7.